The van der Waals surface area contributed by atoms with Gasteiger partial charge in [0.1, 0.15) is 11.5 Å². The van der Waals surface area contributed by atoms with Gasteiger partial charge in [-0.3, -0.25) is 4.79 Å². The summed E-state index contributed by atoms with van der Waals surface area (Å²) in [7, 11) is 3.09. The molecular weight excluding hydrogens is 308 g/mol. The van der Waals surface area contributed by atoms with Crippen molar-refractivity contribution >= 4 is 5.91 Å². The Bertz CT molecular complexity index is 655. The lowest BCUT2D eigenvalue weighted by Gasteiger charge is -2.18. The molecule has 6 nitrogen and oxygen atoms in total. The summed E-state index contributed by atoms with van der Waals surface area (Å²) < 4.78 is 12.4. The number of rotatable bonds is 8. The summed E-state index contributed by atoms with van der Waals surface area (Å²) >= 11 is 0. The molecule has 0 aliphatic carbocycles. The lowest BCUT2D eigenvalue weighted by molar-refractivity contribution is -0.122. The van der Waals surface area contributed by atoms with Crippen LogP contribution in [0.3, 0.4) is 0 Å². The fourth-order valence-electron chi connectivity index (χ4n) is 2.51. The van der Waals surface area contributed by atoms with Crippen LogP contribution in [0.15, 0.2) is 42.7 Å². The van der Waals surface area contributed by atoms with E-state index < -0.39 is 6.10 Å². The molecule has 2 rings (SSSR count). The van der Waals surface area contributed by atoms with Gasteiger partial charge in [0.05, 0.1) is 20.3 Å². The molecule has 0 fully saturated rings. The number of amides is 1. The van der Waals surface area contributed by atoms with Gasteiger partial charge < -0.3 is 24.5 Å². The van der Waals surface area contributed by atoms with Crippen molar-refractivity contribution in [2.45, 2.75) is 25.5 Å². The Kier molecular flexibility index (Phi) is 6.26. The molecule has 0 saturated heterocycles. The average Bonchev–Trinajstić information content (AvgIpc) is 3.13. The number of carbonyl (C=O) groups excluding carboxylic acids is 1. The second-order valence-corrected chi connectivity index (χ2v) is 5.61. The topological polar surface area (TPSA) is 72.7 Å². The van der Waals surface area contributed by atoms with E-state index in [1.807, 2.05) is 36.0 Å². The molecule has 0 spiro atoms. The number of carbonyl (C=O) groups is 1. The van der Waals surface area contributed by atoms with Crippen molar-refractivity contribution in [3.05, 3.63) is 48.3 Å². The van der Waals surface area contributed by atoms with Crippen molar-refractivity contribution in [2.75, 3.05) is 20.8 Å². The number of nitrogens with one attached hydrogen (secondary N) is 1. The van der Waals surface area contributed by atoms with Gasteiger partial charge in [-0.15, -0.1) is 0 Å². The Labute approximate surface area is 142 Å². The molecule has 1 heterocycles. The van der Waals surface area contributed by atoms with Gasteiger partial charge in [0.25, 0.3) is 0 Å². The van der Waals surface area contributed by atoms with Crippen LogP contribution in [0.25, 0.3) is 0 Å². The molecule has 24 heavy (non-hydrogen) atoms. The van der Waals surface area contributed by atoms with Gasteiger partial charge in [-0.2, -0.15) is 0 Å². The molecule has 0 bridgehead atoms. The number of hydrogen-bond acceptors (Lipinski definition) is 4. The predicted molar refractivity (Wildman–Crippen MR) is 91.3 cm³/mol. The van der Waals surface area contributed by atoms with Gasteiger partial charge in [-0.1, -0.05) is 0 Å². The van der Waals surface area contributed by atoms with Crippen molar-refractivity contribution in [1.82, 2.24) is 9.88 Å². The first kappa shape index (κ1) is 17.9. The highest BCUT2D eigenvalue weighted by molar-refractivity contribution is 5.76. The number of hydrogen-bond donors (Lipinski definition) is 2. The molecule has 0 aliphatic heterocycles. The second kappa shape index (κ2) is 8.40. The van der Waals surface area contributed by atoms with Crippen LogP contribution < -0.4 is 14.8 Å². The smallest absolute Gasteiger partial charge is 0.222 e. The van der Waals surface area contributed by atoms with E-state index >= 15 is 0 Å². The highest BCUT2D eigenvalue weighted by Crippen LogP contribution is 2.29. The van der Waals surface area contributed by atoms with Crippen LogP contribution in [0.2, 0.25) is 0 Å². The zero-order valence-corrected chi connectivity index (χ0v) is 14.2. The lowest BCUT2D eigenvalue weighted by atomic mass is 10.1. The number of methoxy groups -OCH3 is 2. The largest absolute Gasteiger partial charge is 0.497 e. The van der Waals surface area contributed by atoms with E-state index in [1.165, 1.54) is 7.11 Å². The number of ether oxygens (including phenoxy) is 2. The number of aromatic nitrogens is 1. The molecule has 130 valence electrons. The average molecular weight is 332 g/mol. The van der Waals surface area contributed by atoms with E-state index in [1.54, 1.807) is 25.3 Å². The first-order valence-electron chi connectivity index (χ1n) is 7.84. The van der Waals surface area contributed by atoms with Crippen molar-refractivity contribution in [3.8, 4) is 11.5 Å². The third-order valence-corrected chi connectivity index (χ3v) is 3.91. The van der Waals surface area contributed by atoms with Crippen LogP contribution >= 0.6 is 0 Å². The van der Waals surface area contributed by atoms with Crippen molar-refractivity contribution in [1.29, 1.82) is 0 Å². The Morgan fingerprint density at radius 1 is 1.25 bits per heavy atom. The van der Waals surface area contributed by atoms with Crippen LogP contribution in [0.5, 0.6) is 11.5 Å². The fourth-order valence-corrected chi connectivity index (χ4v) is 2.51. The molecule has 0 radical (unpaired) electrons. The molecule has 0 saturated carbocycles. The maximum Gasteiger partial charge on any atom is 0.222 e. The van der Waals surface area contributed by atoms with E-state index in [0.29, 0.717) is 23.5 Å². The van der Waals surface area contributed by atoms with Crippen molar-refractivity contribution in [2.24, 2.45) is 0 Å². The van der Waals surface area contributed by atoms with Gasteiger partial charge in [0, 0.05) is 37.0 Å². The Morgan fingerprint density at radius 2 is 1.96 bits per heavy atom. The summed E-state index contributed by atoms with van der Waals surface area (Å²) in [6, 6.07) is 9.10. The van der Waals surface area contributed by atoms with Crippen LogP contribution in [0, 0.1) is 0 Å². The third kappa shape index (κ3) is 4.52. The second-order valence-electron chi connectivity index (χ2n) is 5.61. The first-order valence-corrected chi connectivity index (χ1v) is 7.84. The summed E-state index contributed by atoms with van der Waals surface area (Å²) in [5, 5.41) is 13.1. The molecule has 2 N–H and O–H groups in total. The molecule has 2 unspecified atom stereocenters. The van der Waals surface area contributed by atoms with Gasteiger partial charge in [-0.05, 0) is 37.3 Å². The number of benzene rings is 1. The number of aliphatic hydroxyl groups is 1. The van der Waals surface area contributed by atoms with Gasteiger partial charge >= 0.3 is 0 Å². The third-order valence-electron chi connectivity index (χ3n) is 3.91. The normalized spacial score (nSPS) is 13.2. The van der Waals surface area contributed by atoms with Crippen LogP contribution in [0.4, 0.5) is 0 Å². The molecule has 2 aromatic rings. The van der Waals surface area contributed by atoms with E-state index in [2.05, 4.69) is 5.32 Å². The molecule has 1 amide bonds. The van der Waals surface area contributed by atoms with Crippen LogP contribution in [-0.2, 0) is 4.79 Å². The Morgan fingerprint density at radius 3 is 2.58 bits per heavy atom. The summed E-state index contributed by atoms with van der Waals surface area (Å²) in [6.07, 6.45) is 3.32. The fraction of sp³-hybridized carbons (Fsp3) is 0.389. The Balaban J connectivity index is 1.92. The molecular formula is C18H24N2O4. The molecule has 2 atom stereocenters. The van der Waals surface area contributed by atoms with Gasteiger partial charge in [0.15, 0.2) is 0 Å². The Hall–Kier alpha value is -2.47. The molecule has 0 aliphatic rings. The summed E-state index contributed by atoms with van der Waals surface area (Å²) in [5.41, 5.74) is 0.579. The van der Waals surface area contributed by atoms with Gasteiger partial charge in [0.2, 0.25) is 5.91 Å². The molecule has 1 aromatic heterocycles. The lowest BCUT2D eigenvalue weighted by Crippen LogP contribution is -2.30. The maximum atomic E-state index is 12.1. The summed E-state index contributed by atoms with van der Waals surface area (Å²) in [6.45, 7) is 2.09. The SMILES string of the molecule is COc1ccc(OC)c(C(O)CNC(=O)CC(C)n2cccc2)c1. The van der Waals surface area contributed by atoms with Crippen molar-refractivity contribution in [3.63, 3.8) is 0 Å². The molecule has 1 aromatic carbocycles. The van der Waals surface area contributed by atoms with E-state index in [-0.39, 0.29) is 18.5 Å². The monoisotopic (exact) mass is 332 g/mol. The van der Waals surface area contributed by atoms with E-state index in [4.69, 9.17) is 9.47 Å². The highest BCUT2D eigenvalue weighted by Gasteiger charge is 2.17. The quantitative estimate of drug-likeness (QED) is 0.778. The minimum absolute atomic E-state index is 0.0588. The van der Waals surface area contributed by atoms with Gasteiger partial charge in [-0.25, -0.2) is 0 Å². The van der Waals surface area contributed by atoms with E-state index in [0.717, 1.165) is 0 Å². The highest BCUT2D eigenvalue weighted by atomic mass is 16.5. The minimum atomic E-state index is -0.874. The van der Waals surface area contributed by atoms with E-state index in [9.17, 15) is 9.90 Å². The van der Waals surface area contributed by atoms with Crippen molar-refractivity contribution < 1.29 is 19.4 Å². The summed E-state index contributed by atoms with van der Waals surface area (Å²) in [5.74, 6) is 1.06. The zero-order chi connectivity index (χ0) is 17.5. The maximum absolute atomic E-state index is 12.1. The van der Waals surface area contributed by atoms with Crippen LogP contribution in [0.1, 0.15) is 31.1 Å². The summed E-state index contributed by atoms with van der Waals surface area (Å²) in [4.78, 5) is 12.1. The molecule has 6 heteroatoms. The number of aliphatic hydroxyl groups excluding tert-OH is 1. The van der Waals surface area contributed by atoms with Crippen LogP contribution in [-0.4, -0.2) is 36.3 Å². The minimum Gasteiger partial charge on any atom is -0.497 e. The first-order chi connectivity index (χ1) is 11.5. The number of nitrogens with zero attached hydrogens (tertiary/aromatic N) is 1. The predicted octanol–water partition coefficient (Wildman–Crippen LogP) is 2.31. The zero-order valence-electron chi connectivity index (χ0n) is 14.2. The standard InChI is InChI=1S/C18H24N2O4/c1-13(20-8-4-5-9-20)10-18(22)19-12-16(21)15-11-14(23-2)6-7-17(15)24-3/h4-9,11,13,16,21H,10,12H2,1-3H3,(H,19,22).